The number of rotatable bonds is 14. The van der Waals surface area contributed by atoms with E-state index in [-0.39, 0.29) is 0 Å². The molecule has 620 valence electrons. The van der Waals surface area contributed by atoms with Gasteiger partial charge in [0.05, 0.1) is 49.3 Å². The molecule has 7 nitrogen and oxygen atoms in total. The van der Waals surface area contributed by atoms with Crippen LogP contribution in [0, 0.1) is 0 Å². The molecule has 8 aromatic heterocycles. The minimum absolute atomic E-state index is 0.487. The highest BCUT2D eigenvalue weighted by molar-refractivity contribution is 7.26. The van der Waals surface area contributed by atoms with Gasteiger partial charge in [-0.1, -0.05) is 370 Å². The zero-order valence-corrected chi connectivity index (χ0v) is 74.4. The van der Waals surface area contributed by atoms with Crippen molar-refractivity contribution in [3.05, 3.63) is 483 Å². The van der Waals surface area contributed by atoms with Crippen LogP contribution in [0.4, 0.5) is 0 Å². The largest absolute Gasteiger partial charge is 0.453 e. The van der Waals surface area contributed by atoms with Crippen LogP contribution in [-0.4, -0.2) is 29.9 Å². The number of fused-ring (bicyclic) bond motifs is 12. The molecule has 26 rings (SSSR count). The molecule has 0 aliphatic heterocycles. The van der Waals surface area contributed by atoms with Crippen LogP contribution in [0.2, 0.25) is 0 Å². The van der Waals surface area contributed by atoms with Crippen LogP contribution < -0.4 is 0 Å². The number of hydrogen-bond acceptors (Lipinski definition) is 11. The quantitative estimate of drug-likeness (QED) is 0.107. The standard InChI is InChI=1S/C49H32N2S.C36H22N2OS.C36H22N2S2/c1-4-16-33(17-5-1)34-19-14-20-35(30-34)43-32-44(51-48(50-43)46-31-36-18-10-13-29-45(36)52-46)40-26-15-28-42-47(40)39-25-11-12-27-41(39)49(42,37-21-6-2-7-22-37)38-23-8-3-9-24-38;1-2-9-23(10-3-1)24-12-8-13-25(19-24)30-22-31(38-36(37-30)33-21-27-11-4-6-15-32(27)39-33)26-17-18-35-29(20-26)28-14-5-7-16-34(28)40-35;1-2-9-23(10-3-1)24-17-19-25(20-18-24)30-22-31(38-36(37-30)34-21-26-11-4-6-15-32(26)39-34)29-14-8-13-28-27-12-5-7-16-33(27)40-35(28)29/h1-32H;2*1-22H. The summed E-state index contributed by atoms with van der Waals surface area (Å²) in [5.74, 6) is 2.73. The molecular weight excluding hydrogens is 1680 g/mol. The fourth-order valence-electron chi connectivity index (χ4n) is 18.8. The zero-order valence-electron chi connectivity index (χ0n) is 71.1. The second kappa shape index (κ2) is 34.1. The molecule has 0 unspecified atom stereocenters. The van der Waals surface area contributed by atoms with Crippen molar-refractivity contribution in [3.63, 3.8) is 0 Å². The smallest absolute Gasteiger partial charge is 0.196 e. The molecule has 1 aliphatic carbocycles. The summed E-state index contributed by atoms with van der Waals surface area (Å²) in [6.45, 7) is 0. The van der Waals surface area contributed by atoms with Crippen molar-refractivity contribution >= 4 is 117 Å². The SMILES string of the molecule is c1ccc(-c2ccc(-c3cc(-c4cccc5c4sc4ccccc45)nc(-c4cc5ccccc5s4)n3)cc2)cc1.c1ccc(-c2cccc(-c3cc(-c4ccc5sc6ccccc6c5c4)nc(-c4cc5ccccc5o4)n3)c2)cc1.c1ccc(-c2cccc(-c3cc(-c4cccc5c4-c4ccccc4C5(c4ccccc4)c4ccccc4)nc(-c4cc5ccccc5s4)n3)c2)cc1. The van der Waals surface area contributed by atoms with Crippen molar-refractivity contribution in [3.8, 4) is 145 Å². The van der Waals surface area contributed by atoms with Gasteiger partial charge in [0.25, 0.3) is 0 Å². The first-order valence-electron chi connectivity index (χ1n) is 44.1. The lowest BCUT2D eigenvalue weighted by Crippen LogP contribution is -2.28. The second-order valence-electron chi connectivity index (χ2n) is 33.0. The van der Waals surface area contributed by atoms with Crippen LogP contribution in [0.3, 0.4) is 0 Å². The van der Waals surface area contributed by atoms with E-state index in [0.717, 1.165) is 111 Å². The van der Waals surface area contributed by atoms with Crippen molar-refractivity contribution in [1.82, 2.24) is 29.9 Å². The minimum atomic E-state index is -0.487. The number of benzene rings is 17. The number of hydrogen-bond donors (Lipinski definition) is 0. The maximum absolute atomic E-state index is 6.22. The predicted octanol–water partition coefficient (Wildman–Crippen LogP) is 33.7. The molecule has 1 aliphatic rings. The van der Waals surface area contributed by atoms with E-state index >= 15 is 0 Å². The lowest BCUT2D eigenvalue weighted by atomic mass is 9.67. The van der Waals surface area contributed by atoms with Crippen LogP contribution in [0.25, 0.3) is 217 Å². The van der Waals surface area contributed by atoms with Gasteiger partial charge in [-0.2, -0.15) is 0 Å². The Kier molecular flexibility index (Phi) is 20.5. The molecule has 0 amide bonds. The topological polar surface area (TPSA) is 90.5 Å². The van der Waals surface area contributed by atoms with Crippen LogP contribution in [0.15, 0.2) is 465 Å². The maximum atomic E-state index is 6.22. The summed E-state index contributed by atoms with van der Waals surface area (Å²) in [5, 5.41) is 8.53. The Bertz CT molecular complexity index is 8520. The van der Waals surface area contributed by atoms with Gasteiger partial charge in [-0.05, 0) is 169 Å². The molecule has 0 saturated heterocycles. The molecule has 0 spiro atoms. The second-order valence-corrected chi connectivity index (χ2v) is 37.3. The van der Waals surface area contributed by atoms with E-state index in [0.29, 0.717) is 11.6 Å². The maximum Gasteiger partial charge on any atom is 0.196 e. The van der Waals surface area contributed by atoms with E-state index < -0.39 is 5.41 Å². The van der Waals surface area contributed by atoms with Gasteiger partial charge in [-0.3, -0.25) is 0 Å². The molecule has 11 heteroatoms. The van der Waals surface area contributed by atoms with E-state index in [2.05, 4.69) is 419 Å². The predicted molar refractivity (Wildman–Crippen MR) is 555 cm³/mol. The average molecular weight is 1760 g/mol. The Hall–Kier alpha value is -16.1. The summed E-state index contributed by atoms with van der Waals surface area (Å²) in [6, 6.07) is 163. The summed E-state index contributed by atoms with van der Waals surface area (Å²) < 4.78 is 13.8. The van der Waals surface area contributed by atoms with Gasteiger partial charge < -0.3 is 4.42 Å². The summed E-state index contributed by atoms with van der Waals surface area (Å²) in [4.78, 5) is 33.2. The first-order valence-corrected chi connectivity index (χ1v) is 47.4. The molecule has 8 heterocycles. The summed E-state index contributed by atoms with van der Waals surface area (Å²) in [6.07, 6.45) is 0. The number of thiophene rings is 4. The van der Waals surface area contributed by atoms with E-state index in [9.17, 15) is 0 Å². The number of furan rings is 1. The lowest BCUT2D eigenvalue weighted by molar-refractivity contribution is 0.625. The third-order valence-electron chi connectivity index (χ3n) is 25.0. The molecular formula is C121H76N6OS4. The normalized spacial score (nSPS) is 12.0. The fourth-order valence-corrected chi connectivity index (χ4v) is 23.1. The Morgan fingerprint density at radius 1 is 0.205 bits per heavy atom. The number of para-hydroxylation sites is 1. The van der Waals surface area contributed by atoms with Crippen LogP contribution >= 0.6 is 45.3 Å². The first-order chi connectivity index (χ1) is 65.3. The van der Waals surface area contributed by atoms with Gasteiger partial charge >= 0.3 is 0 Å². The van der Waals surface area contributed by atoms with Gasteiger partial charge in [0.15, 0.2) is 23.2 Å². The van der Waals surface area contributed by atoms with E-state index in [1.54, 1.807) is 22.7 Å². The first kappa shape index (κ1) is 79.3. The van der Waals surface area contributed by atoms with E-state index in [1.165, 1.54) is 116 Å². The number of nitrogens with zero attached hydrogens (tertiary/aromatic N) is 6. The van der Waals surface area contributed by atoms with Crippen molar-refractivity contribution in [2.24, 2.45) is 0 Å². The van der Waals surface area contributed by atoms with E-state index in [4.69, 9.17) is 34.3 Å². The summed E-state index contributed by atoms with van der Waals surface area (Å²) in [5.41, 5.74) is 26.7. The molecule has 0 N–H and O–H groups in total. The number of aromatic nitrogens is 6. The molecule has 0 saturated carbocycles. The van der Waals surface area contributed by atoms with Gasteiger partial charge in [0, 0.05) is 88.5 Å². The van der Waals surface area contributed by atoms with Crippen LogP contribution in [0.1, 0.15) is 22.3 Å². The molecule has 17 aromatic carbocycles. The third-order valence-corrected chi connectivity index (χ3v) is 29.6. The Labute approximate surface area is 778 Å². The Morgan fingerprint density at radius 2 is 0.583 bits per heavy atom. The Balaban J connectivity index is 0.000000111. The minimum Gasteiger partial charge on any atom is -0.453 e. The molecule has 0 fully saturated rings. The van der Waals surface area contributed by atoms with Gasteiger partial charge in [0.2, 0.25) is 0 Å². The van der Waals surface area contributed by atoms with Crippen molar-refractivity contribution in [2.75, 3.05) is 0 Å². The van der Waals surface area contributed by atoms with Crippen molar-refractivity contribution in [2.45, 2.75) is 5.41 Å². The van der Waals surface area contributed by atoms with Gasteiger partial charge in [-0.25, -0.2) is 29.9 Å². The molecule has 0 atom stereocenters. The van der Waals surface area contributed by atoms with E-state index in [1.807, 2.05) is 65.1 Å². The average Bonchev–Trinajstić information content (AvgIpc) is 1.53. The summed E-state index contributed by atoms with van der Waals surface area (Å²) in [7, 11) is 0. The highest BCUT2D eigenvalue weighted by atomic mass is 32.1. The molecule has 132 heavy (non-hydrogen) atoms. The van der Waals surface area contributed by atoms with Gasteiger partial charge in [0.1, 0.15) is 5.58 Å². The van der Waals surface area contributed by atoms with Crippen molar-refractivity contribution < 1.29 is 4.42 Å². The third kappa shape index (κ3) is 14.8. The highest BCUT2D eigenvalue weighted by Gasteiger charge is 2.47. The molecule has 0 bridgehead atoms. The lowest BCUT2D eigenvalue weighted by Gasteiger charge is -2.33. The summed E-state index contributed by atoms with van der Waals surface area (Å²) >= 11 is 7.14. The molecule has 25 aromatic rings. The zero-order chi connectivity index (χ0) is 87.4. The van der Waals surface area contributed by atoms with Gasteiger partial charge in [-0.15, -0.1) is 45.3 Å². The van der Waals surface area contributed by atoms with Crippen LogP contribution in [-0.2, 0) is 5.41 Å². The fraction of sp³-hybridized carbons (Fsp3) is 0.00826. The Morgan fingerprint density at radius 3 is 1.17 bits per heavy atom. The van der Waals surface area contributed by atoms with Crippen LogP contribution in [0.5, 0.6) is 0 Å². The monoisotopic (exact) mass is 1760 g/mol. The highest BCUT2D eigenvalue weighted by Crippen LogP contribution is 2.59. The molecule has 0 radical (unpaired) electrons. The van der Waals surface area contributed by atoms with Crippen molar-refractivity contribution in [1.29, 1.82) is 0 Å².